The molecule has 1 fully saturated rings. The minimum Gasteiger partial charge on any atom is -0.351 e. The zero-order valence-electron chi connectivity index (χ0n) is 14.7. The van der Waals surface area contributed by atoms with Crippen molar-refractivity contribution in [3.8, 4) is 0 Å². The average Bonchev–Trinajstić information content (AvgIpc) is 3.02. The molecule has 0 radical (unpaired) electrons. The molecule has 0 saturated carbocycles. The van der Waals surface area contributed by atoms with Crippen LogP contribution in [-0.4, -0.2) is 36.8 Å². The molecular formula is C20H22N2O3S. The number of sulfonamides is 1. The Kier molecular flexibility index (Phi) is 4.12. The van der Waals surface area contributed by atoms with Gasteiger partial charge in [-0.3, -0.25) is 4.79 Å². The quantitative estimate of drug-likeness (QED) is 0.897. The van der Waals surface area contributed by atoms with E-state index in [4.69, 9.17) is 0 Å². The molecule has 1 amide bonds. The van der Waals surface area contributed by atoms with Crippen LogP contribution in [0.4, 0.5) is 0 Å². The Morgan fingerprint density at radius 2 is 1.62 bits per heavy atom. The number of hydrogen-bond acceptors (Lipinski definition) is 3. The summed E-state index contributed by atoms with van der Waals surface area (Å²) in [5, 5.41) is 3.08. The molecule has 2 aromatic rings. The van der Waals surface area contributed by atoms with Gasteiger partial charge in [-0.2, -0.15) is 4.31 Å². The molecule has 1 aliphatic heterocycles. The second kappa shape index (κ2) is 6.21. The van der Waals surface area contributed by atoms with E-state index < -0.39 is 15.6 Å². The summed E-state index contributed by atoms with van der Waals surface area (Å²) in [7, 11) is -3.67. The fraction of sp³-hybridized carbons (Fsp3) is 0.350. The summed E-state index contributed by atoms with van der Waals surface area (Å²) in [5.74, 6) is -0.207. The fourth-order valence-corrected chi connectivity index (χ4v) is 5.66. The van der Waals surface area contributed by atoms with Gasteiger partial charge in [-0.25, -0.2) is 8.42 Å². The van der Waals surface area contributed by atoms with Crippen molar-refractivity contribution in [3.05, 3.63) is 65.7 Å². The van der Waals surface area contributed by atoms with E-state index in [9.17, 15) is 13.2 Å². The van der Waals surface area contributed by atoms with Gasteiger partial charge in [-0.15, -0.1) is 0 Å². The lowest BCUT2D eigenvalue weighted by Gasteiger charge is -2.47. The number of fused-ring (bicyclic) bond motifs is 1. The minimum absolute atomic E-state index is 0.0265. The molecule has 1 saturated heterocycles. The number of amides is 1. The van der Waals surface area contributed by atoms with Crippen LogP contribution in [0.15, 0.2) is 59.5 Å². The van der Waals surface area contributed by atoms with Crippen LogP contribution in [0.1, 0.15) is 24.5 Å². The zero-order chi connectivity index (χ0) is 18.4. The van der Waals surface area contributed by atoms with Crippen molar-refractivity contribution in [2.75, 3.05) is 6.54 Å². The molecule has 136 valence electrons. The molecule has 6 heteroatoms. The number of hydrogen-bond donors (Lipinski definition) is 1. The van der Waals surface area contributed by atoms with Crippen LogP contribution in [0.5, 0.6) is 0 Å². The maximum Gasteiger partial charge on any atom is 0.244 e. The molecule has 2 aliphatic rings. The van der Waals surface area contributed by atoms with E-state index in [1.165, 1.54) is 15.4 Å². The Hall–Kier alpha value is -2.18. The second-order valence-electron chi connectivity index (χ2n) is 7.26. The van der Waals surface area contributed by atoms with Gasteiger partial charge in [0.05, 0.1) is 4.90 Å². The molecule has 1 unspecified atom stereocenters. The van der Waals surface area contributed by atoms with Crippen molar-refractivity contribution >= 4 is 15.9 Å². The largest absolute Gasteiger partial charge is 0.351 e. The molecule has 1 N–H and O–H groups in total. The monoisotopic (exact) mass is 370 g/mol. The molecular weight excluding hydrogens is 348 g/mol. The van der Waals surface area contributed by atoms with Crippen molar-refractivity contribution < 1.29 is 13.2 Å². The molecule has 1 atom stereocenters. The fourth-order valence-electron chi connectivity index (χ4n) is 3.87. The number of carbonyl (C=O) groups excluding carboxylic acids is 1. The lowest BCUT2D eigenvalue weighted by atomic mass is 9.88. The Balaban J connectivity index is 1.50. The topological polar surface area (TPSA) is 66.5 Å². The first kappa shape index (κ1) is 17.2. The second-order valence-corrected chi connectivity index (χ2v) is 9.12. The van der Waals surface area contributed by atoms with E-state index in [1.54, 1.807) is 37.3 Å². The van der Waals surface area contributed by atoms with Gasteiger partial charge in [-0.1, -0.05) is 42.5 Å². The predicted molar refractivity (Wildman–Crippen MR) is 99.1 cm³/mol. The first-order chi connectivity index (χ1) is 12.4. The highest BCUT2D eigenvalue weighted by atomic mass is 32.2. The van der Waals surface area contributed by atoms with Crippen LogP contribution in [0.25, 0.3) is 0 Å². The van der Waals surface area contributed by atoms with Crippen LogP contribution < -0.4 is 5.32 Å². The van der Waals surface area contributed by atoms with Crippen LogP contribution in [0.2, 0.25) is 0 Å². The van der Waals surface area contributed by atoms with Gasteiger partial charge in [0.1, 0.15) is 5.54 Å². The Morgan fingerprint density at radius 3 is 2.15 bits per heavy atom. The first-order valence-electron chi connectivity index (χ1n) is 8.87. The molecule has 0 spiro atoms. The number of benzene rings is 2. The van der Waals surface area contributed by atoms with Gasteiger partial charge in [0, 0.05) is 12.6 Å². The molecule has 2 aromatic carbocycles. The summed E-state index contributed by atoms with van der Waals surface area (Å²) in [4.78, 5) is 13.2. The molecule has 4 rings (SSSR count). The highest BCUT2D eigenvalue weighted by molar-refractivity contribution is 7.89. The van der Waals surface area contributed by atoms with E-state index in [-0.39, 0.29) is 16.8 Å². The van der Waals surface area contributed by atoms with Crippen molar-refractivity contribution in [1.82, 2.24) is 9.62 Å². The summed E-state index contributed by atoms with van der Waals surface area (Å²) in [6.07, 6.45) is 2.12. The summed E-state index contributed by atoms with van der Waals surface area (Å²) < 4.78 is 27.1. The van der Waals surface area contributed by atoms with E-state index in [0.717, 1.165) is 12.8 Å². The molecule has 0 bridgehead atoms. The number of carbonyl (C=O) groups is 1. The van der Waals surface area contributed by atoms with Gasteiger partial charge in [0.25, 0.3) is 0 Å². The maximum absolute atomic E-state index is 12.9. The highest BCUT2D eigenvalue weighted by Gasteiger charge is 2.53. The Labute approximate surface area is 154 Å². The highest BCUT2D eigenvalue weighted by Crippen LogP contribution is 2.36. The SMILES string of the molecule is CC1(C(=O)NC2Cc3ccccc3C2)CCN1S(=O)(=O)c1ccccc1. The number of nitrogens with one attached hydrogen (secondary N) is 1. The standard InChI is InChI=1S/C20H22N2O3S/c1-20(11-12-22(20)26(24,25)18-9-3-2-4-10-18)19(23)21-17-13-15-7-5-6-8-16(15)14-17/h2-10,17H,11-14H2,1H3,(H,21,23). The van der Waals surface area contributed by atoms with Gasteiger partial charge in [-0.05, 0) is 49.4 Å². The van der Waals surface area contributed by atoms with Crippen LogP contribution in [0.3, 0.4) is 0 Å². The van der Waals surface area contributed by atoms with E-state index in [1.807, 2.05) is 12.1 Å². The smallest absolute Gasteiger partial charge is 0.244 e. The lowest BCUT2D eigenvalue weighted by Crippen LogP contribution is -2.68. The zero-order valence-corrected chi connectivity index (χ0v) is 15.5. The van der Waals surface area contributed by atoms with Crippen molar-refractivity contribution in [1.29, 1.82) is 0 Å². The van der Waals surface area contributed by atoms with E-state index in [2.05, 4.69) is 17.4 Å². The molecule has 5 nitrogen and oxygen atoms in total. The van der Waals surface area contributed by atoms with Gasteiger partial charge < -0.3 is 5.32 Å². The van der Waals surface area contributed by atoms with Gasteiger partial charge in [0.2, 0.25) is 15.9 Å². The molecule has 26 heavy (non-hydrogen) atoms. The van der Waals surface area contributed by atoms with Gasteiger partial charge in [0.15, 0.2) is 0 Å². The summed E-state index contributed by atoms with van der Waals surface area (Å²) >= 11 is 0. The molecule has 1 heterocycles. The Bertz CT molecular complexity index is 918. The third-order valence-corrected chi connectivity index (χ3v) is 7.59. The lowest BCUT2D eigenvalue weighted by molar-refractivity contribution is -0.135. The third kappa shape index (κ3) is 2.73. The normalized spacial score (nSPS) is 23.3. The number of rotatable bonds is 4. The van der Waals surface area contributed by atoms with Crippen molar-refractivity contribution in [2.24, 2.45) is 0 Å². The first-order valence-corrected chi connectivity index (χ1v) is 10.3. The number of nitrogens with zero attached hydrogens (tertiary/aromatic N) is 1. The van der Waals surface area contributed by atoms with Crippen molar-refractivity contribution in [2.45, 2.75) is 42.7 Å². The van der Waals surface area contributed by atoms with Crippen LogP contribution in [0, 0.1) is 0 Å². The van der Waals surface area contributed by atoms with E-state index in [0.29, 0.717) is 13.0 Å². The molecule has 0 aromatic heterocycles. The van der Waals surface area contributed by atoms with Crippen LogP contribution in [-0.2, 0) is 27.7 Å². The summed E-state index contributed by atoms with van der Waals surface area (Å²) in [6, 6.07) is 16.5. The summed E-state index contributed by atoms with van der Waals surface area (Å²) in [6.45, 7) is 2.08. The van der Waals surface area contributed by atoms with E-state index >= 15 is 0 Å². The Morgan fingerprint density at radius 1 is 1.04 bits per heavy atom. The maximum atomic E-state index is 12.9. The predicted octanol–water partition coefficient (Wildman–Crippen LogP) is 2.12. The van der Waals surface area contributed by atoms with Crippen LogP contribution >= 0.6 is 0 Å². The average molecular weight is 370 g/mol. The van der Waals surface area contributed by atoms with Crippen molar-refractivity contribution in [3.63, 3.8) is 0 Å². The molecule has 1 aliphatic carbocycles. The third-order valence-electron chi connectivity index (χ3n) is 5.56. The van der Waals surface area contributed by atoms with Gasteiger partial charge >= 0.3 is 0 Å². The minimum atomic E-state index is -3.67. The summed E-state index contributed by atoms with van der Waals surface area (Å²) in [5.41, 5.74) is 1.49.